The molecule has 0 aliphatic rings. The van der Waals surface area contributed by atoms with Crippen LogP contribution in [0.4, 0.5) is 0 Å². The Kier molecular flexibility index (Phi) is 8.20. The Balaban J connectivity index is 5.14. The van der Waals surface area contributed by atoms with E-state index in [4.69, 9.17) is 0 Å². The van der Waals surface area contributed by atoms with Crippen molar-refractivity contribution in [2.24, 2.45) is 0 Å². The van der Waals surface area contributed by atoms with Crippen molar-refractivity contribution in [1.82, 2.24) is 0 Å². The van der Waals surface area contributed by atoms with Gasteiger partial charge in [-0.3, -0.25) is 0 Å². The highest BCUT2D eigenvalue weighted by molar-refractivity contribution is 6.87. The van der Waals surface area contributed by atoms with Crippen molar-refractivity contribution in [2.75, 3.05) is 0 Å². The third kappa shape index (κ3) is 4.20. The van der Waals surface area contributed by atoms with Gasteiger partial charge in [0.1, 0.15) is 0 Å². The van der Waals surface area contributed by atoms with Gasteiger partial charge in [-0.25, -0.2) is 0 Å². The molecule has 0 nitrogen and oxygen atoms in total. The number of hydrogen-bond donors (Lipinski definition) is 0. The van der Waals surface area contributed by atoms with Crippen molar-refractivity contribution in [3.05, 3.63) is 0 Å². The first-order valence-corrected chi connectivity index (χ1v) is 14.0. The van der Waals surface area contributed by atoms with E-state index >= 15 is 0 Å². The molecule has 0 radical (unpaired) electrons. The van der Waals surface area contributed by atoms with E-state index in [-0.39, 0.29) is 0 Å². The van der Waals surface area contributed by atoms with Crippen LogP contribution in [0.15, 0.2) is 0 Å². The molecule has 0 aliphatic carbocycles. The van der Waals surface area contributed by atoms with E-state index in [1.54, 1.807) is 12.1 Å². The minimum Gasteiger partial charge on any atom is -0.0678 e. The molecule has 0 saturated heterocycles. The summed E-state index contributed by atoms with van der Waals surface area (Å²) in [5.41, 5.74) is 2.80. The molecule has 0 bridgehead atoms. The van der Waals surface area contributed by atoms with Gasteiger partial charge < -0.3 is 0 Å². The summed E-state index contributed by atoms with van der Waals surface area (Å²) in [5.74, 6) is 0. The van der Waals surface area contributed by atoms with Crippen molar-refractivity contribution < 1.29 is 0 Å². The zero-order chi connectivity index (χ0) is 15.3. The van der Waals surface area contributed by atoms with Gasteiger partial charge in [0, 0.05) is 0 Å². The van der Waals surface area contributed by atoms with Gasteiger partial charge in [0.25, 0.3) is 0 Å². The molecule has 2 heteroatoms. The van der Waals surface area contributed by atoms with Gasteiger partial charge in [-0.2, -0.15) is 0 Å². The molecule has 0 amide bonds. The molecule has 0 atom stereocenters. The highest BCUT2D eigenvalue weighted by atomic mass is 28.3. The summed E-state index contributed by atoms with van der Waals surface area (Å²) in [6, 6.07) is 7.70. The van der Waals surface area contributed by atoms with E-state index in [0.717, 1.165) is 16.6 Å². The molecule has 0 rings (SSSR count). The van der Waals surface area contributed by atoms with Crippen LogP contribution in [0.5, 0.6) is 0 Å². The largest absolute Gasteiger partial charge is 0.0678 e. The van der Waals surface area contributed by atoms with Crippen LogP contribution in [0.1, 0.15) is 62.3 Å². The van der Waals surface area contributed by atoms with Gasteiger partial charge in [0.05, 0.1) is 16.1 Å². The molecule has 0 unspecified atom stereocenters. The Bertz CT molecular complexity index is 210. The lowest BCUT2D eigenvalue weighted by Crippen LogP contribution is -2.46. The van der Waals surface area contributed by atoms with Crippen molar-refractivity contribution in [1.29, 1.82) is 0 Å². The van der Waals surface area contributed by atoms with Crippen molar-refractivity contribution in [3.8, 4) is 0 Å². The fourth-order valence-electron chi connectivity index (χ4n) is 4.63. The average Bonchev–Trinajstić information content (AvgIpc) is 2.34. The monoisotopic (exact) mass is 300 g/mol. The quantitative estimate of drug-likeness (QED) is 0.396. The van der Waals surface area contributed by atoms with Crippen LogP contribution in [0, 0.1) is 0 Å². The first kappa shape index (κ1) is 19.4. The second kappa shape index (κ2) is 8.02. The second-order valence-electron chi connectivity index (χ2n) is 7.64. The smallest absolute Gasteiger partial charge is 0.0610 e. The number of rotatable bonds is 9. The van der Waals surface area contributed by atoms with Crippen LogP contribution in [-0.2, 0) is 0 Å². The molecule has 0 aromatic heterocycles. The van der Waals surface area contributed by atoms with E-state index in [9.17, 15) is 0 Å². The Labute approximate surface area is 125 Å². The standard InChI is InChI=1S/C17H40Si2/c1-10-18(11-2,12-3)13-14-19(15(4)5,16(6)7)17(8)9/h15-17H,10-14H2,1-9H3. The summed E-state index contributed by atoms with van der Waals surface area (Å²) < 4.78 is 0. The Morgan fingerprint density at radius 2 is 0.895 bits per heavy atom. The molecule has 0 aromatic carbocycles. The lowest BCUT2D eigenvalue weighted by molar-refractivity contribution is 0.799. The normalized spacial score (nSPS) is 13.9. The maximum absolute atomic E-state index is 2.51. The predicted octanol–water partition coefficient (Wildman–Crippen LogP) is 7.17. The third-order valence-corrected chi connectivity index (χ3v) is 20.4. The van der Waals surface area contributed by atoms with Gasteiger partial charge >= 0.3 is 0 Å². The molecule has 0 aliphatic heterocycles. The van der Waals surface area contributed by atoms with Crippen molar-refractivity contribution in [3.63, 3.8) is 0 Å². The zero-order valence-corrected chi connectivity index (χ0v) is 17.3. The minimum absolute atomic E-state index is 0.930. The van der Waals surface area contributed by atoms with Crippen LogP contribution in [0.25, 0.3) is 0 Å². The summed E-state index contributed by atoms with van der Waals surface area (Å²) in [5, 5.41) is 0. The number of hydrogen-bond acceptors (Lipinski definition) is 0. The molecule has 0 heterocycles. The van der Waals surface area contributed by atoms with Crippen LogP contribution >= 0.6 is 0 Å². The lowest BCUT2D eigenvalue weighted by Gasteiger charge is -2.45. The second-order valence-corrected chi connectivity index (χ2v) is 19.4. The van der Waals surface area contributed by atoms with E-state index in [2.05, 4.69) is 62.3 Å². The summed E-state index contributed by atoms with van der Waals surface area (Å²) >= 11 is 0. The average molecular weight is 301 g/mol. The molecule has 0 fully saturated rings. The maximum Gasteiger partial charge on any atom is 0.0610 e. The zero-order valence-electron chi connectivity index (χ0n) is 15.3. The van der Waals surface area contributed by atoms with E-state index < -0.39 is 16.1 Å². The summed E-state index contributed by atoms with van der Waals surface area (Å²) in [6.45, 7) is 22.5. The predicted molar refractivity (Wildman–Crippen MR) is 97.9 cm³/mol. The molecule has 19 heavy (non-hydrogen) atoms. The summed E-state index contributed by atoms with van der Waals surface area (Å²) in [7, 11) is -2.08. The Morgan fingerprint density at radius 3 is 1.11 bits per heavy atom. The van der Waals surface area contributed by atoms with Crippen LogP contribution in [-0.4, -0.2) is 16.1 Å². The van der Waals surface area contributed by atoms with E-state index in [1.165, 1.54) is 18.1 Å². The minimum atomic E-state index is -1.15. The van der Waals surface area contributed by atoms with Crippen LogP contribution in [0.2, 0.25) is 46.8 Å². The first-order chi connectivity index (χ1) is 8.72. The van der Waals surface area contributed by atoms with Crippen LogP contribution in [0.3, 0.4) is 0 Å². The van der Waals surface area contributed by atoms with E-state index in [1.807, 2.05) is 0 Å². The van der Waals surface area contributed by atoms with Crippen molar-refractivity contribution >= 4 is 16.1 Å². The van der Waals surface area contributed by atoms with Crippen molar-refractivity contribution in [2.45, 2.75) is 109 Å². The van der Waals surface area contributed by atoms with Gasteiger partial charge in [-0.05, 0) is 0 Å². The third-order valence-electron chi connectivity index (χ3n) is 6.56. The lowest BCUT2D eigenvalue weighted by atomic mass is 10.5. The molecule has 116 valence electrons. The fraction of sp³-hybridized carbons (Fsp3) is 1.00. The Hall–Kier alpha value is 0.434. The SMILES string of the molecule is CC[Si](CC)(CC)CC[Si](C(C)C)(C(C)C)C(C)C. The maximum atomic E-state index is 2.51. The Morgan fingerprint density at radius 1 is 0.579 bits per heavy atom. The van der Waals surface area contributed by atoms with E-state index in [0.29, 0.717) is 0 Å². The molecule has 0 spiro atoms. The van der Waals surface area contributed by atoms with Gasteiger partial charge in [0.2, 0.25) is 0 Å². The summed E-state index contributed by atoms with van der Waals surface area (Å²) in [4.78, 5) is 0. The molecular formula is C17H40Si2. The van der Waals surface area contributed by atoms with Gasteiger partial charge in [0.15, 0.2) is 0 Å². The van der Waals surface area contributed by atoms with Gasteiger partial charge in [-0.15, -0.1) is 0 Å². The molecular weight excluding hydrogens is 260 g/mol. The highest BCUT2D eigenvalue weighted by Gasteiger charge is 2.43. The fourth-order valence-corrected chi connectivity index (χ4v) is 16.8. The van der Waals surface area contributed by atoms with Gasteiger partial charge in [-0.1, -0.05) is 109 Å². The first-order valence-electron chi connectivity index (χ1n) is 8.72. The summed E-state index contributed by atoms with van der Waals surface area (Å²) in [6.07, 6.45) is 0. The molecule has 0 saturated carbocycles. The molecule has 0 aromatic rings. The highest BCUT2D eigenvalue weighted by Crippen LogP contribution is 2.47. The van der Waals surface area contributed by atoms with Crippen LogP contribution < -0.4 is 0 Å². The topological polar surface area (TPSA) is 0 Å². The molecule has 0 N–H and O–H groups in total.